The quantitative estimate of drug-likeness (QED) is 0.634. The number of aliphatic carboxylic acids is 1. The average molecular weight is 299 g/mol. The van der Waals surface area contributed by atoms with Crippen molar-refractivity contribution in [3.63, 3.8) is 0 Å². The van der Waals surface area contributed by atoms with Gasteiger partial charge in [-0.2, -0.15) is 0 Å². The van der Waals surface area contributed by atoms with Crippen molar-refractivity contribution in [2.24, 2.45) is 0 Å². The fourth-order valence-corrected chi connectivity index (χ4v) is 2.78. The Labute approximate surface area is 122 Å². The van der Waals surface area contributed by atoms with Gasteiger partial charge >= 0.3 is 12.0 Å². The molecule has 2 aliphatic heterocycles. The van der Waals surface area contributed by atoms with E-state index in [1.54, 1.807) is 4.90 Å². The minimum absolute atomic E-state index is 0.0167. The molecule has 3 amide bonds. The van der Waals surface area contributed by atoms with Crippen LogP contribution in [0.2, 0.25) is 0 Å². The zero-order valence-corrected chi connectivity index (χ0v) is 11.8. The van der Waals surface area contributed by atoms with Gasteiger partial charge in [0.25, 0.3) is 0 Å². The molecule has 0 bridgehead atoms. The first-order valence-electron chi connectivity index (χ1n) is 7.22. The van der Waals surface area contributed by atoms with Gasteiger partial charge in [0.1, 0.15) is 6.04 Å². The Morgan fingerprint density at radius 1 is 1.14 bits per heavy atom. The molecule has 118 valence electrons. The van der Waals surface area contributed by atoms with Crippen molar-refractivity contribution in [1.29, 1.82) is 0 Å². The third-order valence-corrected chi connectivity index (χ3v) is 3.92. The van der Waals surface area contributed by atoms with Crippen LogP contribution in [-0.4, -0.2) is 76.2 Å². The van der Waals surface area contributed by atoms with E-state index in [4.69, 9.17) is 5.11 Å². The summed E-state index contributed by atoms with van der Waals surface area (Å²) in [4.78, 5) is 37.7. The van der Waals surface area contributed by atoms with Crippen molar-refractivity contribution in [1.82, 2.24) is 15.1 Å². The summed E-state index contributed by atoms with van der Waals surface area (Å²) in [5.41, 5.74) is 0. The van der Waals surface area contributed by atoms with E-state index in [9.17, 15) is 19.5 Å². The minimum Gasteiger partial charge on any atom is -0.480 e. The van der Waals surface area contributed by atoms with Crippen LogP contribution >= 0.6 is 0 Å². The highest BCUT2D eigenvalue weighted by atomic mass is 16.4. The molecule has 8 heteroatoms. The molecule has 21 heavy (non-hydrogen) atoms. The number of likely N-dealkylation sites (tertiary alicyclic amines) is 2. The zero-order valence-electron chi connectivity index (χ0n) is 11.8. The maximum Gasteiger partial charge on any atom is 0.326 e. The Bertz CT molecular complexity index is 422. The Kier molecular flexibility index (Phi) is 5.00. The Hall–Kier alpha value is -1.83. The molecule has 0 aliphatic carbocycles. The number of hydrogen-bond donors (Lipinski definition) is 3. The standard InChI is InChI=1S/C13H21N3O5/c17-9-6-10(12(19)20)16(8-9)13(21)14-7-11(18)15-4-2-1-3-5-15/h9-10,17H,1-8H2,(H,14,21)(H,19,20)/t9-,10-/m0/s1. The van der Waals surface area contributed by atoms with Crippen LogP contribution in [0.25, 0.3) is 0 Å². The van der Waals surface area contributed by atoms with Crippen molar-refractivity contribution < 1.29 is 24.6 Å². The normalized spacial score (nSPS) is 25.8. The van der Waals surface area contributed by atoms with Crippen LogP contribution in [-0.2, 0) is 9.59 Å². The Balaban J connectivity index is 1.83. The first kappa shape index (κ1) is 15.6. The summed E-state index contributed by atoms with van der Waals surface area (Å²) in [5.74, 6) is -1.31. The van der Waals surface area contributed by atoms with E-state index < -0.39 is 24.1 Å². The SMILES string of the molecule is O=C(O)[C@@H]1C[C@H](O)CN1C(=O)NCC(=O)N1CCCCC1. The van der Waals surface area contributed by atoms with E-state index >= 15 is 0 Å². The molecule has 2 saturated heterocycles. The number of piperidine rings is 1. The largest absolute Gasteiger partial charge is 0.480 e. The fourth-order valence-electron chi connectivity index (χ4n) is 2.78. The van der Waals surface area contributed by atoms with E-state index in [0.29, 0.717) is 13.1 Å². The number of nitrogens with zero attached hydrogens (tertiary/aromatic N) is 2. The molecule has 0 aromatic carbocycles. The lowest BCUT2D eigenvalue weighted by atomic mass is 10.1. The third kappa shape index (κ3) is 3.84. The molecular weight excluding hydrogens is 278 g/mol. The van der Waals surface area contributed by atoms with Gasteiger partial charge in [0.15, 0.2) is 0 Å². The number of urea groups is 1. The molecule has 0 spiro atoms. The molecule has 0 radical (unpaired) electrons. The molecule has 2 atom stereocenters. The van der Waals surface area contributed by atoms with E-state index in [-0.39, 0.29) is 25.4 Å². The molecule has 2 fully saturated rings. The number of β-amino-alcohol motifs (C(OH)–C–C–N with tert-alkyl or cyclic N) is 1. The first-order chi connectivity index (χ1) is 9.99. The summed E-state index contributed by atoms with van der Waals surface area (Å²) >= 11 is 0. The van der Waals surface area contributed by atoms with E-state index in [2.05, 4.69) is 5.32 Å². The molecule has 2 aliphatic rings. The number of carbonyl (C=O) groups is 3. The molecule has 0 unspecified atom stereocenters. The van der Waals surface area contributed by atoms with Crippen LogP contribution in [0.5, 0.6) is 0 Å². The second-order valence-corrected chi connectivity index (χ2v) is 5.50. The summed E-state index contributed by atoms with van der Waals surface area (Å²) in [6, 6.07) is -1.66. The van der Waals surface area contributed by atoms with E-state index in [1.165, 1.54) is 0 Å². The summed E-state index contributed by atoms with van der Waals surface area (Å²) in [5, 5.41) is 21.0. The number of nitrogens with one attached hydrogen (secondary N) is 1. The summed E-state index contributed by atoms with van der Waals surface area (Å²) < 4.78 is 0. The number of amides is 3. The summed E-state index contributed by atoms with van der Waals surface area (Å²) in [6.07, 6.45) is 2.23. The number of aliphatic hydroxyl groups excluding tert-OH is 1. The Morgan fingerprint density at radius 3 is 2.43 bits per heavy atom. The molecule has 0 saturated carbocycles. The summed E-state index contributed by atoms with van der Waals surface area (Å²) in [7, 11) is 0. The molecule has 3 N–H and O–H groups in total. The van der Waals surface area contributed by atoms with Gasteiger partial charge in [-0.05, 0) is 19.3 Å². The van der Waals surface area contributed by atoms with Crippen molar-refractivity contribution in [2.75, 3.05) is 26.2 Å². The van der Waals surface area contributed by atoms with Crippen LogP contribution in [0.4, 0.5) is 4.79 Å². The second kappa shape index (κ2) is 6.75. The van der Waals surface area contributed by atoms with Crippen molar-refractivity contribution in [3.05, 3.63) is 0 Å². The summed E-state index contributed by atoms with van der Waals surface area (Å²) in [6.45, 7) is 1.24. The highest BCUT2D eigenvalue weighted by Gasteiger charge is 2.39. The monoisotopic (exact) mass is 299 g/mol. The van der Waals surface area contributed by atoms with Crippen LogP contribution in [0.3, 0.4) is 0 Å². The third-order valence-electron chi connectivity index (χ3n) is 3.92. The van der Waals surface area contributed by atoms with Gasteiger partial charge in [0.2, 0.25) is 5.91 Å². The fraction of sp³-hybridized carbons (Fsp3) is 0.769. The lowest BCUT2D eigenvalue weighted by Crippen LogP contribution is -2.49. The van der Waals surface area contributed by atoms with Crippen LogP contribution in [0, 0.1) is 0 Å². The molecule has 2 rings (SSSR count). The topological polar surface area (TPSA) is 110 Å². The van der Waals surface area contributed by atoms with Gasteiger partial charge in [0, 0.05) is 26.1 Å². The number of rotatable bonds is 3. The van der Waals surface area contributed by atoms with Crippen LogP contribution in [0.1, 0.15) is 25.7 Å². The number of hydrogen-bond acceptors (Lipinski definition) is 4. The van der Waals surface area contributed by atoms with Gasteiger partial charge in [0.05, 0.1) is 12.6 Å². The van der Waals surface area contributed by atoms with E-state index in [0.717, 1.165) is 24.2 Å². The predicted molar refractivity (Wildman–Crippen MR) is 72.6 cm³/mol. The zero-order chi connectivity index (χ0) is 15.4. The molecular formula is C13H21N3O5. The second-order valence-electron chi connectivity index (χ2n) is 5.50. The maximum atomic E-state index is 12.0. The number of carbonyl (C=O) groups excluding carboxylic acids is 2. The van der Waals surface area contributed by atoms with Gasteiger partial charge < -0.3 is 25.3 Å². The van der Waals surface area contributed by atoms with Crippen LogP contribution < -0.4 is 5.32 Å². The minimum atomic E-state index is -1.15. The predicted octanol–water partition coefficient (Wildman–Crippen LogP) is -0.772. The lowest BCUT2D eigenvalue weighted by molar-refractivity contribution is -0.141. The molecule has 8 nitrogen and oxygen atoms in total. The highest BCUT2D eigenvalue weighted by Crippen LogP contribution is 2.18. The van der Waals surface area contributed by atoms with Crippen molar-refractivity contribution in [3.8, 4) is 0 Å². The van der Waals surface area contributed by atoms with Gasteiger partial charge in [-0.15, -0.1) is 0 Å². The maximum absolute atomic E-state index is 12.0. The van der Waals surface area contributed by atoms with Gasteiger partial charge in [-0.1, -0.05) is 0 Å². The highest BCUT2D eigenvalue weighted by molar-refractivity contribution is 5.87. The van der Waals surface area contributed by atoms with Gasteiger partial charge in [-0.25, -0.2) is 9.59 Å². The smallest absolute Gasteiger partial charge is 0.326 e. The lowest BCUT2D eigenvalue weighted by Gasteiger charge is -2.27. The Morgan fingerprint density at radius 2 is 1.81 bits per heavy atom. The van der Waals surface area contributed by atoms with Crippen molar-refractivity contribution in [2.45, 2.75) is 37.8 Å². The molecule has 2 heterocycles. The number of carboxylic acid groups (broad SMARTS) is 1. The average Bonchev–Trinajstić information content (AvgIpc) is 2.87. The first-order valence-corrected chi connectivity index (χ1v) is 7.22. The van der Waals surface area contributed by atoms with Crippen LogP contribution in [0.15, 0.2) is 0 Å². The van der Waals surface area contributed by atoms with Crippen molar-refractivity contribution >= 4 is 17.9 Å². The molecule has 0 aromatic rings. The molecule has 0 aromatic heterocycles. The number of carboxylic acids is 1. The van der Waals surface area contributed by atoms with E-state index in [1.807, 2.05) is 0 Å². The van der Waals surface area contributed by atoms with Gasteiger partial charge in [-0.3, -0.25) is 4.79 Å². The number of aliphatic hydroxyl groups is 1.